The van der Waals surface area contributed by atoms with Crippen LogP contribution in [0.3, 0.4) is 0 Å². The van der Waals surface area contributed by atoms with Crippen LogP contribution in [0.15, 0.2) is 59.9 Å². The summed E-state index contributed by atoms with van der Waals surface area (Å²) in [5, 5.41) is 0. The van der Waals surface area contributed by atoms with E-state index in [4.69, 9.17) is 4.74 Å². The summed E-state index contributed by atoms with van der Waals surface area (Å²) < 4.78 is 5.25. The van der Waals surface area contributed by atoms with E-state index in [-0.39, 0.29) is 17.8 Å². The molecule has 0 saturated heterocycles. The number of esters is 1. The zero-order valence-corrected chi connectivity index (χ0v) is 11.5. The standard InChI is InChI=1S/C16H14N2O3/c1-11(19)18-9-7-12(8-10-18)14-16(20)21-15(17-14)13-5-3-2-4-6-13/h2-10,12,14H,1H3/t14-/m0/s1. The second kappa shape index (κ2) is 5.36. The van der Waals surface area contributed by atoms with Crippen LogP contribution in [0.2, 0.25) is 0 Å². The number of amides is 1. The lowest BCUT2D eigenvalue weighted by Crippen LogP contribution is -2.27. The van der Waals surface area contributed by atoms with Crippen LogP contribution >= 0.6 is 0 Å². The highest BCUT2D eigenvalue weighted by molar-refractivity contribution is 6.06. The quantitative estimate of drug-likeness (QED) is 0.778. The zero-order chi connectivity index (χ0) is 14.8. The third-order valence-corrected chi connectivity index (χ3v) is 3.38. The van der Waals surface area contributed by atoms with Crippen molar-refractivity contribution in [1.82, 2.24) is 4.90 Å². The van der Waals surface area contributed by atoms with Gasteiger partial charge >= 0.3 is 5.97 Å². The maximum atomic E-state index is 12.0. The first-order chi connectivity index (χ1) is 10.1. The van der Waals surface area contributed by atoms with Gasteiger partial charge in [-0.3, -0.25) is 9.69 Å². The summed E-state index contributed by atoms with van der Waals surface area (Å²) in [6, 6.07) is 8.72. The lowest BCUT2D eigenvalue weighted by atomic mass is 9.99. The highest BCUT2D eigenvalue weighted by atomic mass is 16.6. The first kappa shape index (κ1) is 13.3. The van der Waals surface area contributed by atoms with Gasteiger partial charge in [-0.2, -0.15) is 0 Å². The first-order valence-electron chi connectivity index (χ1n) is 6.65. The summed E-state index contributed by atoms with van der Waals surface area (Å²) in [6.07, 6.45) is 6.86. The van der Waals surface area contributed by atoms with E-state index in [1.165, 1.54) is 11.8 Å². The van der Waals surface area contributed by atoms with Crippen molar-refractivity contribution in [1.29, 1.82) is 0 Å². The molecule has 0 N–H and O–H groups in total. The van der Waals surface area contributed by atoms with Gasteiger partial charge in [-0.05, 0) is 12.1 Å². The van der Waals surface area contributed by atoms with Gasteiger partial charge < -0.3 is 4.74 Å². The van der Waals surface area contributed by atoms with Crippen LogP contribution in [-0.2, 0) is 14.3 Å². The number of hydrogen-bond acceptors (Lipinski definition) is 4. The largest absolute Gasteiger partial charge is 0.406 e. The van der Waals surface area contributed by atoms with Crippen LogP contribution in [0.5, 0.6) is 0 Å². The molecule has 1 atom stereocenters. The Kier molecular flexibility index (Phi) is 3.39. The van der Waals surface area contributed by atoms with Crippen molar-refractivity contribution in [2.24, 2.45) is 10.9 Å². The number of hydrogen-bond donors (Lipinski definition) is 0. The van der Waals surface area contributed by atoms with E-state index in [9.17, 15) is 9.59 Å². The number of aliphatic imine (C=N–C) groups is 1. The molecule has 1 amide bonds. The molecule has 0 fully saturated rings. The lowest BCUT2D eigenvalue weighted by Gasteiger charge is -2.19. The van der Waals surface area contributed by atoms with Crippen LogP contribution in [0.25, 0.3) is 0 Å². The van der Waals surface area contributed by atoms with E-state index in [2.05, 4.69) is 4.99 Å². The summed E-state index contributed by atoms with van der Waals surface area (Å²) in [6.45, 7) is 1.48. The predicted octanol–water partition coefficient (Wildman–Crippen LogP) is 1.86. The van der Waals surface area contributed by atoms with Gasteiger partial charge in [0.05, 0.1) is 0 Å². The molecule has 2 heterocycles. The summed E-state index contributed by atoms with van der Waals surface area (Å²) in [7, 11) is 0. The molecule has 0 spiro atoms. The Morgan fingerprint density at radius 3 is 2.48 bits per heavy atom. The summed E-state index contributed by atoms with van der Waals surface area (Å²) in [5.74, 6) is -0.302. The normalized spacial score (nSPS) is 21.4. The van der Waals surface area contributed by atoms with E-state index >= 15 is 0 Å². The van der Waals surface area contributed by atoms with Crippen LogP contribution in [0.1, 0.15) is 12.5 Å². The molecule has 3 rings (SSSR count). The minimum Gasteiger partial charge on any atom is -0.406 e. The fraction of sp³-hybridized carbons (Fsp3) is 0.188. The second-order valence-electron chi connectivity index (χ2n) is 4.85. The minimum atomic E-state index is -0.596. The molecule has 5 nitrogen and oxygen atoms in total. The zero-order valence-electron chi connectivity index (χ0n) is 11.5. The molecule has 2 aliphatic rings. The van der Waals surface area contributed by atoms with E-state index in [1.54, 1.807) is 24.6 Å². The second-order valence-corrected chi connectivity index (χ2v) is 4.85. The molecule has 0 bridgehead atoms. The van der Waals surface area contributed by atoms with Crippen LogP contribution in [0, 0.1) is 5.92 Å². The molecule has 21 heavy (non-hydrogen) atoms. The van der Waals surface area contributed by atoms with Gasteiger partial charge in [0.1, 0.15) is 0 Å². The molecule has 0 saturated carbocycles. The number of carbonyl (C=O) groups is 2. The Balaban J connectivity index is 1.80. The number of ether oxygens (including phenoxy) is 1. The number of nitrogens with zero attached hydrogens (tertiary/aromatic N) is 2. The third kappa shape index (κ3) is 2.63. The smallest absolute Gasteiger partial charge is 0.338 e. The van der Waals surface area contributed by atoms with Crippen molar-refractivity contribution in [3.05, 3.63) is 60.4 Å². The Morgan fingerprint density at radius 2 is 1.86 bits per heavy atom. The van der Waals surface area contributed by atoms with Crippen molar-refractivity contribution in [3.63, 3.8) is 0 Å². The number of carbonyl (C=O) groups excluding carboxylic acids is 2. The van der Waals surface area contributed by atoms with Gasteiger partial charge in [0.2, 0.25) is 11.8 Å². The Morgan fingerprint density at radius 1 is 1.19 bits per heavy atom. The van der Waals surface area contributed by atoms with Crippen molar-refractivity contribution in [2.75, 3.05) is 0 Å². The average Bonchev–Trinajstić information content (AvgIpc) is 2.90. The van der Waals surface area contributed by atoms with Gasteiger partial charge in [0.15, 0.2) is 6.04 Å². The van der Waals surface area contributed by atoms with E-state index in [1.807, 2.05) is 30.3 Å². The Bertz CT molecular complexity index is 647. The van der Waals surface area contributed by atoms with Crippen molar-refractivity contribution in [2.45, 2.75) is 13.0 Å². The van der Waals surface area contributed by atoms with Gasteiger partial charge in [-0.25, -0.2) is 9.79 Å². The number of cyclic esters (lactones) is 1. The van der Waals surface area contributed by atoms with E-state index in [0.29, 0.717) is 5.90 Å². The van der Waals surface area contributed by atoms with Gasteiger partial charge in [-0.1, -0.05) is 30.4 Å². The van der Waals surface area contributed by atoms with Crippen molar-refractivity contribution >= 4 is 17.8 Å². The molecular weight excluding hydrogens is 268 g/mol. The molecular formula is C16H14N2O3. The van der Waals surface area contributed by atoms with Crippen LogP contribution in [-0.4, -0.2) is 28.7 Å². The molecule has 0 radical (unpaired) electrons. The Hall–Kier alpha value is -2.69. The number of rotatable bonds is 2. The molecule has 106 valence electrons. The van der Waals surface area contributed by atoms with E-state index in [0.717, 1.165) is 5.56 Å². The van der Waals surface area contributed by atoms with Gasteiger partial charge in [-0.15, -0.1) is 0 Å². The topological polar surface area (TPSA) is 59.0 Å². The van der Waals surface area contributed by atoms with Gasteiger partial charge in [0.25, 0.3) is 0 Å². The number of benzene rings is 1. The molecule has 1 aromatic rings. The molecule has 0 aliphatic carbocycles. The van der Waals surface area contributed by atoms with Crippen molar-refractivity contribution in [3.8, 4) is 0 Å². The molecule has 5 heteroatoms. The maximum absolute atomic E-state index is 12.0. The third-order valence-electron chi connectivity index (χ3n) is 3.38. The molecule has 1 aromatic carbocycles. The summed E-state index contributed by atoms with van der Waals surface area (Å²) in [5.41, 5.74) is 0.780. The summed E-state index contributed by atoms with van der Waals surface area (Å²) in [4.78, 5) is 29.0. The highest BCUT2D eigenvalue weighted by Crippen LogP contribution is 2.23. The van der Waals surface area contributed by atoms with Crippen LogP contribution in [0.4, 0.5) is 0 Å². The SMILES string of the molecule is CC(=O)N1C=CC([C@@H]2N=C(c3ccccc3)OC2=O)C=C1. The lowest BCUT2D eigenvalue weighted by molar-refractivity contribution is -0.135. The first-order valence-corrected chi connectivity index (χ1v) is 6.65. The van der Waals surface area contributed by atoms with Gasteiger partial charge in [0, 0.05) is 30.8 Å². The van der Waals surface area contributed by atoms with Crippen LogP contribution < -0.4 is 0 Å². The molecule has 2 aliphatic heterocycles. The minimum absolute atomic E-state index is 0.0802. The maximum Gasteiger partial charge on any atom is 0.338 e. The Labute approximate surface area is 122 Å². The average molecular weight is 282 g/mol. The predicted molar refractivity (Wildman–Crippen MR) is 77.1 cm³/mol. The highest BCUT2D eigenvalue weighted by Gasteiger charge is 2.35. The molecule has 0 aromatic heterocycles. The summed E-state index contributed by atoms with van der Waals surface area (Å²) >= 11 is 0. The fourth-order valence-corrected chi connectivity index (χ4v) is 2.24. The fourth-order valence-electron chi connectivity index (χ4n) is 2.24. The monoisotopic (exact) mass is 282 g/mol. The van der Waals surface area contributed by atoms with Crippen molar-refractivity contribution < 1.29 is 14.3 Å². The molecule has 0 unspecified atom stereocenters. The van der Waals surface area contributed by atoms with E-state index < -0.39 is 6.04 Å².